The van der Waals surface area contributed by atoms with Crippen molar-refractivity contribution in [2.75, 3.05) is 6.61 Å². The molecule has 0 unspecified atom stereocenters. The molecule has 0 saturated heterocycles. The number of halogens is 3. The van der Waals surface area contributed by atoms with E-state index in [0.29, 0.717) is 43.0 Å². The fourth-order valence-corrected chi connectivity index (χ4v) is 2.93. The Hall–Kier alpha value is -2.51. The van der Waals surface area contributed by atoms with Crippen LogP contribution in [0.4, 0.5) is 0 Å². The molecule has 0 aliphatic heterocycles. The summed E-state index contributed by atoms with van der Waals surface area (Å²) in [6, 6.07) is 16.3. The van der Waals surface area contributed by atoms with Gasteiger partial charge in [0.1, 0.15) is 11.8 Å². The van der Waals surface area contributed by atoms with Gasteiger partial charge in [-0.15, -0.1) is 24.8 Å². The summed E-state index contributed by atoms with van der Waals surface area (Å²) in [5, 5.41) is 12.8. The van der Waals surface area contributed by atoms with E-state index in [9.17, 15) is 4.79 Å². The summed E-state index contributed by atoms with van der Waals surface area (Å²) in [4.78, 5) is 15.0. The number of pyridine rings is 1. The number of aromatic carboxylic acids is 1. The van der Waals surface area contributed by atoms with Crippen LogP contribution in [-0.4, -0.2) is 22.7 Å². The van der Waals surface area contributed by atoms with Gasteiger partial charge in [0, 0.05) is 24.8 Å². The average molecular weight is 500 g/mol. The molecule has 0 amide bonds. The number of benzene rings is 2. The first-order valence-corrected chi connectivity index (χ1v) is 9.95. The molecule has 0 saturated carbocycles. The van der Waals surface area contributed by atoms with Gasteiger partial charge in [0.15, 0.2) is 11.5 Å². The summed E-state index contributed by atoms with van der Waals surface area (Å²) in [5.74, 6) is 0.428. The monoisotopic (exact) mass is 498 g/mol. The largest absolute Gasteiger partial charge is 0.490 e. The second kappa shape index (κ2) is 13.8. The number of nitrogens with one attached hydrogen (secondary N) is 1. The van der Waals surface area contributed by atoms with Gasteiger partial charge < -0.3 is 19.9 Å². The van der Waals surface area contributed by atoms with Crippen LogP contribution in [0.5, 0.6) is 11.5 Å². The lowest BCUT2D eigenvalue weighted by Crippen LogP contribution is -2.13. The molecular formula is C23H25Cl3N2O4. The first-order valence-electron chi connectivity index (χ1n) is 9.57. The number of carbonyl (C=O) groups is 1. The smallest absolute Gasteiger partial charge is 0.335 e. The Labute approximate surface area is 204 Å². The third kappa shape index (κ3) is 8.20. The highest BCUT2D eigenvalue weighted by molar-refractivity contribution is 6.29. The molecule has 172 valence electrons. The van der Waals surface area contributed by atoms with Gasteiger partial charge >= 0.3 is 5.97 Å². The third-order valence-corrected chi connectivity index (χ3v) is 4.57. The van der Waals surface area contributed by atoms with Gasteiger partial charge in [0.2, 0.25) is 0 Å². The lowest BCUT2D eigenvalue weighted by Gasteiger charge is -2.14. The van der Waals surface area contributed by atoms with E-state index in [-0.39, 0.29) is 30.4 Å². The Balaban J connectivity index is 0.00000256. The zero-order valence-corrected chi connectivity index (χ0v) is 19.8. The summed E-state index contributed by atoms with van der Waals surface area (Å²) in [5.41, 5.74) is 3.27. The summed E-state index contributed by atoms with van der Waals surface area (Å²) < 4.78 is 11.6. The average Bonchev–Trinajstić information content (AvgIpc) is 2.75. The number of aromatic nitrogens is 1. The van der Waals surface area contributed by atoms with Crippen LogP contribution < -0.4 is 14.8 Å². The first-order chi connectivity index (χ1) is 14.5. The maximum Gasteiger partial charge on any atom is 0.335 e. The molecule has 2 aromatic carbocycles. The molecule has 0 fully saturated rings. The third-order valence-electron chi connectivity index (χ3n) is 4.35. The van der Waals surface area contributed by atoms with Crippen molar-refractivity contribution in [3.63, 3.8) is 0 Å². The summed E-state index contributed by atoms with van der Waals surface area (Å²) >= 11 is 5.81. The molecule has 6 nitrogen and oxygen atoms in total. The normalized spacial score (nSPS) is 9.94. The van der Waals surface area contributed by atoms with Crippen molar-refractivity contribution in [1.29, 1.82) is 0 Å². The maximum atomic E-state index is 10.9. The van der Waals surface area contributed by atoms with E-state index in [1.807, 2.05) is 43.3 Å². The Bertz CT molecular complexity index is 984. The second-order valence-corrected chi connectivity index (χ2v) is 6.98. The van der Waals surface area contributed by atoms with Gasteiger partial charge in [-0.3, -0.25) is 0 Å². The zero-order valence-electron chi connectivity index (χ0n) is 17.4. The molecule has 3 rings (SSSR count). The summed E-state index contributed by atoms with van der Waals surface area (Å²) in [7, 11) is 0. The molecule has 1 aromatic heterocycles. The topological polar surface area (TPSA) is 80.7 Å². The van der Waals surface area contributed by atoms with Crippen LogP contribution in [-0.2, 0) is 19.7 Å². The van der Waals surface area contributed by atoms with E-state index in [1.165, 1.54) is 0 Å². The molecule has 0 bridgehead atoms. The van der Waals surface area contributed by atoms with Crippen molar-refractivity contribution in [2.45, 2.75) is 26.6 Å². The van der Waals surface area contributed by atoms with Crippen LogP contribution in [0.25, 0.3) is 0 Å². The van der Waals surface area contributed by atoms with E-state index in [1.54, 1.807) is 24.4 Å². The molecule has 3 aromatic rings. The maximum absolute atomic E-state index is 10.9. The molecule has 0 atom stereocenters. The Kier molecular flexibility index (Phi) is 11.9. The molecule has 9 heteroatoms. The van der Waals surface area contributed by atoms with Crippen molar-refractivity contribution in [3.05, 3.63) is 88.2 Å². The predicted octanol–water partition coefficient (Wildman–Crippen LogP) is 5.54. The van der Waals surface area contributed by atoms with Gasteiger partial charge in [-0.05, 0) is 48.4 Å². The minimum atomic E-state index is -0.924. The molecule has 0 aliphatic carbocycles. The van der Waals surface area contributed by atoms with Crippen molar-refractivity contribution >= 4 is 42.4 Å². The number of hydrogen-bond donors (Lipinski definition) is 2. The number of carboxylic acid groups (broad SMARTS) is 1. The Morgan fingerprint density at radius 2 is 1.59 bits per heavy atom. The van der Waals surface area contributed by atoms with E-state index in [0.717, 1.165) is 16.7 Å². The van der Waals surface area contributed by atoms with Gasteiger partial charge in [-0.25, -0.2) is 9.78 Å². The lowest BCUT2D eigenvalue weighted by atomic mass is 10.1. The summed E-state index contributed by atoms with van der Waals surface area (Å²) in [6.45, 7) is 4.10. The quantitative estimate of drug-likeness (QED) is 0.356. The van der Waals surface area contributed by atoms with Crippen molar-refractivity contribution in [1.82, 2.24) is 10.3 Å². The highest BCUT2D eigenvalue weighted by Gasteiger charge is 2.08. The second-order valence-electron chi connectivity index (χ2n) is 6.60. The van der Waals surface area contributed by atoms with Gasteiger partial charge in [0.05, 0.1) is 12.2 Å². The van der Waals surface area contributed by atoms with Crippen molar-refractivity contribution < 1.29 is 19.4 Å². The van der Waals surface area contributed by atoms with E-state index < -0.39 is 5.97 Å². The van der Waals surface area contributed by atoms with E-state index >= 15 is 0 Å². The SMILES string of the molecule is CCOc1cc(CNCc2ccc(C(=O)O)cc2)ccc1OCc1ccc(Cl)nc1.Cl.Cl. The molecule has 32 heavy (non-hydrogen) atoms. The van der Waals surface area contributed by atoms with Crippen molar-refractivity contribution in [2.24, 2.45) is 0 Å². The van der Waals surface area contributed by atoms with Gasteiger partial charge in [0.25, 0.3) is 0 Å². The van der Waals surface area contributed by atoms with Crippen LogP contribution in [0, 0.1) is 0 Å². The zero-order chi connectivity index (χ0) is 21.3. The number of ether oxygens (including phenoxy) is 2. The lowest BCUT2D eigenvalue weighted by molar-refractivity contribution is 0.0697. The minimum absolute atomic E-state index is 0. The fraction of sp³-hybridized carbons (Fsp3) is 0.217. The standard InChI is InChI=1S/C23H23ClN2O4.2ClH/c1-2-29-21-11-17(13-25-12-16-3-7-19(8-4-16)23(27)28)5-9-20(21)30-15-18-6-10-22(24)26-14-18;;/h3-11,14,25H,2,12-13,15H2,1H3,(H,27,28);2*1H. The number of carboxylic acids is 1. The molecular weight excluding hydrogens is 475 g/mol. The number of rotatable bonds is 10. The number of nitrogens with zero attached hydrogens (tertiary/aromatic N) is 1. The van der Waals surface area contributed by atoms with Gasteiger partial charge in [-0.1, -0.05) is 35.9 Å². The molecule has 0 aliphatic rings. The summed E-state index contributed by atoms with van der Waals surface area (Å²) in [6.07, 6.45) is 1.68. The predicted molar refractivity (Wildman–Crippen MR) is 130 cm³/mol. The Morgan fingerprint density at radius 3 is 2.22 bits per heavy atom. The van der Waals surface area contributed by atoms with Crippen molar-refractivity contribution in [3.8, 4) is 11.5 Å². The van der Waals surface area contributed by atoms with Crippen LogP contribution >= 0.6 is 36.4 Å². The highest BCUT2D eigenvalue weighted by Crippen LogP contribution is 2.29. The van der Waals surface area contributed by atoms with E-state index in [2.05, 4.69) is 10.3 Å². The fourth-order valence-electron chi connectivity index (χ4n) is 2.82. The number of hydrogen-bond acceptors (Lipinski definition) is 5. The van der Waals surface area contributed by atoms with Crippen LogP contribution in [0.15, 0.2) is 60.8 Å². The molecule has 0 radical (unpaired) electrons. The first kappa shape index (κ1) is 27.5. The highest BCUT2D eigenvalue weighted by atomic mass is 35.5. The molecule has 2 N–H and O–H groups in total. The van der Waals surface area contributed by atoms with Crippen LogP contribution in [0.1, 0.15) is 34.0 Å². The van der Waals surface area contributed by atoms with Crippen LogP contribution in [0.3, 0.4) is 0 Å². The minimum Gasteiger partial charge on any atom is -0.490 e. The van der Waals surface area contributed by atoms with Gasteiger partial charge in [-0.2, -0.15) is 0 Å². The van der Waals surface area contributed by atoms with E-state index in [4.69, 9.17) is 26.2 Å². The molecule has 0 spiro atoms. The van der Waals surface area contributed by atoms with Crippen LogP contribution in [0.2, 0.25) is 5.15 Å². The Morgan fingerprint density at radius 1 is 0.938 bits per heavy atom. The molecule has 1 heterocycles.